The predicted octanol–water partition coefficient (Wildman–Crippen LogP) is 4.73. The summed E-state index contributed by atoms with van der Waals surface area (Å²) in [6.45, 7) is 0. The molecule has 2 aromatic carbocycles. The first kappa shape index (κ1) is 12.5. The summed E-state index contributed by atoms with van der Waals surface area (Å²) in [4.78, 5) is 2.80. The number of halogens is 3. The number of imidazole rings is 1. The Morgan fingerprint density at radius 1 is 1.16 bits per heavy atom. The fourth-order valence-electron chi connectivity index (χ4n) is 1.99. The minimum absolute atomic E-state index is 0.309. The molecule has 0 bridgehead atoms. The van der Waals surface area contributed by atoms with E-state index in [2.05, 4.69) is 20.9 Å². The van der Waals surface area contributed by atoms with Crippen molar-refractivity contribution in [2.45, 2.75) is 0 Å². The number of nitrogens with one attached hydrogen (secondary N) is 1. The summed E-state index contributed by atoms with van der Waals surface area (Å²) in [5, 5.41) is 0. The minimum atomic E-state index is -0.394. The lowest BCUT2D eigenvalue weighted by molar-refractivity contribution is 0.626. The molecule has 6 heteroatoms. The summed E-state index contributed by atoms with van der Waals surface area (Å²) in [5.74, 6) is -0.777. The molecule has 0 unspecified atom stereocenters. The molecule has 0 saturated carbocycles. The predicted molar refractivity (Wildman–Crippen MR) is 76.1 cm³/mol. The molecule has 3 aromatic rings. The van der Waals surface area contributed by atoms with Crippen LogP contribution in [0.5, 0.6) is 0 Å². The van der Waals surface area contributed by atoms with E-state index >= 15 is 0 Å². The molecule has 0 atom stereocenters. The Bertz CT molecular complexity index is 838. The summed E-state index contributed by atoms with van der Waals surface area (Å²) in [6, 6.07) is 8.93. The molecule has 0 aliphatic heterocycles. The molecule has 1 aromatic heterocycles. The number of fused-ring (bicyclic) bond motifs is 1. The van der Waals surface area contributed by atoms with Crippen LogP contribution in [0.3, 0.4) is 0 Å². The smallest absolute Gasteiger partial charge is 0.182 e. The van der Waals surface area contributed by atoms with Crippen molar-refractivity contribution in [3.05, 3.63) is 57.3 Å². The molecular formula is C13H7BrF2N2S. The monoisotopic (exact) mass is 340 g/mol. The van der Waals surface area contributed by atoms with Crippen LogP contribution in [0.15, 0.2) is 40.9 Å². The first-order chi connectivity index (χ1) is 9.08. The van der Waals surface area contributed by atoms with Gasteiger partial charge in [0.1, 0.15) is 17.2 Å². The first-order valence-electron chi connectivity index (χ1n) is 5.42. The van der Waals surface area contributed by atoms with E-state index in [0.29, 0.717) is 26.0 Å². The van der Waals surface area contributed by atoms with Gasteiger partial charge in [-0.2, -0.15) is 0 Å². The van der Waals surface area contributed by atoms with Crippen molar-refractivity contribution >= 4 is 39.2 Å². The maximum atomic E-state index is 13.7. The van der Waals surface area contributed by atoms with E-state index in [1.54, 1.807) is 22.8 Å². The summed E-state index contributed by atoms with van der Waals surface area (Å²) in [5.41, 5.74) is 1.40. The second kappa shape index (κ2) is 4.54. The van der Waals surface area contributed by atoms with E-state index in [1.165, 1.54) is 18.2 Å². The van der Waals surface area contributed by atoms with E-state index in [-0.39, 0.29) is 5.82 Å². The van der Waals surface area contributed by atoms with E-state index in [0.717, 1.165) is 0 Å². The number of aromatic nitrogens is 2. The molecule has 0 aliphatic carbocycles. The lowest BCUT2D eigenvalue weighted by Crippen LogP contribution is -1.96. The second-order valence-corrected chi connectivity index (χ2v) is 5.24. The van der Waals surface area contributed by atoms with Gasteiger partial charge >= 0.3 is 0 Å². The normalized spacial score (nSPS) is 11.1. The van der Waals surface area contributed by atoms with Crippen LogP contribution < -0.4 is 0 Å². The number of aromatic amines is 1. The van der Waals surface area contributed by atoms with E-state index in [4.69, 9.17) is 12.2 Å². The zero-order valence-electron chi connectivity index (χ0n) is 9.45. The van der Waals surface area contributed by atoms with Gasteiger partial charge in [-0.3, -0.25) is 4.57 Å². The van der Waals surface area contributed by atoms with Gasteiger partial charge in [-0.25, -0.2) is 8.78 Å². The highest BCUT2D eigenvalue weighted by atomic mass is 79.9. The molecule has 19 heavy (non-hydrogen) atoms. The van der Waals surface area contributed by atoms with Gasteiger partial charge in [0.2, 0.25) is 0 Å². The van der Waals surface area contributed by atoms with Gasteiger partial charge < -0.3 is 4.98 Å². The van der Waals surface area contributed by atoms with E-state index < -0.39 is 5.82 Å². The Morgan fingerprint density at radius 2 is 1.95 bits per heavy atom. The Labute approximate surface area is 120 Å². The molecule has 0 radical (unpaired) electrons. The number of para-hydroxylation sites is 1. The van der Waals surface area contributed by atoms with Crippen LogP contribution >= 0.6 is 28.1 Å². The zero-order valence-corrected chi connectivity index (χ0v) is 11.9. The summed E-state index contributed by atoms with van der Waals surface area (Å²) in [7, 11) is 0. The number of hydrogen-bond acceptors (Lipinski definition) is 1. The molecule has 0 amide bonds. The van der Waals surface area contributed by atoms with Gasteiger partial charge in [-0.1, -0.05) is 6.07 Å². The lowest BCUT2D eigenvalue weighted by atomic mass is 10.2. The van der Waals surface area contributed by atoms with Crippen LogP contribution in [0.25, 0.3) is 16.7 Å². The molecular weight excluding hydrogens is 334 g/mol. The minimum Gasteiger partial charge on any atom is -0.328 e. The van der Waals surface area contributed by atoms with Crippen molar-refractivity contribution in [3.63, 3.8) is 0 Å². The van der Waals surface area contributed by atoms with E-state index in [9.17, 15) is 8.78 Å². The van der Waals surface area contributed by atoms with Gasteiger partial charge in [0, 0.05) is 4.47 Å². The Kier molecular flexibility index (Phi) is 2.99. The highest BCUT2D eigenvalue weighted by molar-refractivity contribution is 9.10. The van der Waals surface area contributed by atoms with Crippen LogP contribution in [0, 0.1) is 16.4 Å². The largest absolute Gasteiger partial charge is 0.328 e. The van der Waals surface area contributed by atoms with Gasteiger partial charge in [0.15, 0.2) is 4.77 Å². The molecule has 0 spiro atoms. The molecule has 3 rings (SSSR count). The number of H-pyrrole nitrogens is 1. The Morgan fingerprint density at radius 3 is 2.74 bits per heavy atom. The third-order valence-corrected chi connectivity index (χ3v) is 3.77. The van der Waals surface area contributed by atoms with Gasteiger partial charge in [0.05, 0.1) is 11.2 Å². The van der Waals surface area contributed by atoms with E-state index in [1.807, 2.05) is 0 Å². The fraction of sp³-hybridized carbons (Fsp3) is 0. The van der Waals surface area contributed by atoms with Crippen molar-refractivity contribution in [1.82, 2.24) is 9.55 Å². The fourth-order valence-corrected chi connectivity index (χ4v) is 2.71. The maximum Gasteiger partial charge on any atom is 0.182 e. The van der Waals surface area contributed by atoms with Gasteiger partial charge in [0.25, 0.3) is 0 Å². The third kappa shape index (κ3) is 2.01. The SMILES string of the molecule is Fc1ccc(Br)c(-n2c(=S)[nH]c3c(F)cccc32)c1. The number of rotatable bonds is 1. The standard InChI is InChI=1S/C13H7BrF2N2S/c14-8-5-4-7(15)6-11(8)18-10-3-1-2-9(16)12(10)17-13(18)19/h1-6H,(H,17,19). The van der Waals surface area contributed by atoms with Gasteiger partial charge in [-0.05, 0) is 58.5 Å². The van der Waals surface area contributed by atoms with Gasteiger partial charge in [-0.15, -0.1) is 0 Å². The summed E-state index contributed by atoms with van der Waals surface area (Å²) >= 11 is 8.54. The highest BCUT2D eigenvalue weighted by Crippen LogP contribution is 2.27. The highest BCUT2D eigenvalue weighted by Gasteiger charge is 2.12. The number of benzene rings is 2. The summed E-state index contributed by atoms with van der Waals surface area (Å²) in [6.07, 6.45) is 0. The molecule has 1 heterocycles. The van der Waals surface area contributed by atoms with Crippen molar-refractivity contribution in [2.75, 3.05) is 0 Å². The average Bonchev–Trinajstić information content (AvgIpc) is 2.70. The Balaban J connectivity index is 2.43. The van der Waals surface area contributed by atoms with Crippen molar-refractivity contribution in [1.29, 1.82) is 0 Å². The number of hydrogen-bond donors (Lipinski definition) is 1. The Hall–Kier alpha value is -1.53. The zero-order chi connectivity index (χ0) is 13.6. The van der Waals surface area contributed by atoms with Crippen LogP contribution in [-0.4, -0.2) is 9.55 Å². The van der Waals surface area contributed by atoms with Crippen LogP contribution in [0.2, 0.25) is 0 Å². The van der Waals surface area contributed by atoms with Crippen LogP contribution in [0.4, 0.5) is 8.78 Å². The average molecular weight is 341 g/mol. The molecule has 0 aliphatic rings. The second-order valence-electron chi connectivity index (χ2n) is 4.00. The van der Waals surface area contributed by atoms with Crippen LogP contribution in [-0.2, 0) is 0 Å². The van der Waals surface area contributed by atoms with Crippen molar-refractivity contribution in [3.8, 4) is 5.69 Å². The third-order valence-electron chi connectivity index (χ3n) is 2.82. The lowest BCUT2D eigenvalue weighted by Gasteiger charge is -2.07. The van der Waals surface area contributed by atoms with Crippen molar-refractivity contribution < 1.29 is 8.78 Å². The summed E-state index contributed by atoms with van der Waals surface area (Å²) < 4.78 is 29.7. The number of nitrogens with zero attached hydrogens (tertiary/aromatic N) is 1. The van der Waals surface area contributed by atoms with Crippen LogP contribution in [0.1, 0.15) is 0 Å². The first-order valence-corrected chi connectivity index (χ1v) is 6.63. The molecule has 2 nitrogen and oxygen atoms in total. The molecule has 96 valence electrons. The quantitative estimate of drug-likeness (QED) is 0.635. The molecule has 0 fully saturated rings. The molecule has 1 N–H and O–H groups in total. The topological polar surface area (TPSA) is 20.7 Å². The van der Waals surface area contributed by atoms with Crippen molar-refractivity contribution in [2.24, 2.45) is 0 Å². The molecule has 0 saturated heterocycles. The maximum absolute atomic E-state index is 13.7.